The number of nitrogens with zero attached hydrogens (tertiary/aromatic N) is 3. The number of halogens is 2. The Morgan fingerprint density at radius 2 is 1.97 bits per heavy atom. The fourth-order valence-electron chi connectivity index (χ4n) is 5.15. The average molecular weight is 547 g/mol. The van der Waals surface area contributed by atoms with Crippen molar-refractivity contribution >= 4 is 47.4 Å². The fraction of sp³-hybridized carbons (Fsp3) is 0.636. The molecule has 8 heteroatoms. The average Bonchev–Trinajstić information content (AvgIpc) is 3.16. The topological polar surface area (TPSA) is 57.2 Å². The van der Waals surface area contributed by atoms with E-state index in [0.29, 0.717) is 42.6 Å². The molecule has 2 heterocycles. The molecule has 1 saturated carbocycles. The van der Waals surface area contributed by atoms with Gasteiger partial charge in [0.15, 0.2) is 5.96 Å². The van der Waals surface area contributed by atoms with Gasteiger partial charge in [0.25, 0.3) is 0 Å². The van der Waals surface area contributed by atoms with Crippen LogP contribution in [0.1, 0.15) is 25.8 Å². The number of guanidine groups is 1. The lowest BCUT2D eigenvalue weighted by atomic mass is 9.57. The minimum absolute atomic E-state index is 0. The molecule has 1 aromatic rings. The van der Waals surface area contributed by atoms with Crippen molar-refractivity contribution in [1.29, 1.82) is 0 Å². The highest BCUT2D eigenvalue weighted by atomic mass is 127. The van der Waals surface area contributed by atoms with Crippen LogP contribution in [-0.4, -0.2) is 73.6 Å². The number of carbonyl (C=O) groups is 1. The van der Waals surface area contributed by atoms with Gasteiger partial charge in [-0.1, -0.05) is 37.6 Å². The number of amides is 1. The van der Waals surface area contributed by atoms with Crippen LogP contribution in [0, 0.1) is 11.3 Å². The summed E-state index contributed by atoms with van der Waals surface area (Å²) in [5, 5.41) is 4.37. The normalized spacial score (nSPS) is 27.7. The predicted octanol–water partition coefficient (Wildman–Crippen LogP) is 3.03. The van der Waals surface area contributed by atoms with Gasteiger partial charge in [-0.05, 0) is 24.1 Å². The summed E-state index contributed by atoms with van der Waals surface area (Å²) < 4.78 is 5.91. The first-order valence-corrected chi connectivity index (χ1v) is 10.9. The summed E-state index contributed by atoms with van der Waals surface area (Å²) in [6, 6.07) is 7.92. The number of hydrogen-bond donors (Lipinski definition) is 1. The zero-order valence-corrected chi connectivity index (χ0v) is 21.0. The van der Waals surface area contributed by atoms with Crippen molar-refractivity contribution in [2.24, 2.45) is 16.3 Å². The third-order valence-electron chi connectivity index (χ3n) is 6.77. The smallest absolute Gasteiger partial charge is 0.227 e. The summed E-state index contributed by atoms with van der Waals surface area (Å²) in [5.41, 5.74) is 1.08. The molecule has 166 valence electrons. The summed E-state index contributed by atoms with van der Waals surface area (Å²) in [6.07, 6.45) is 1.88. The van der Waals surface area contributed by atoms with Crippen LogP contribution in [0.3, 0.4) is 0 Å². The van der Waals surface area contributed by atoms with Crippen molar-refractivity contribution in [2.75, 3.05) is 39.8 Å². The zero-order chi connectivity index (χ0) is 20.6. The van der Waals surface area contributed by atoms with Crippen molar-refractivity contribution in [3.05, 3.63) is 34.9 Å². The molecule has 1 N–H and O–H groups in total. The molecule has 3 fully saturated rings. The summed E-state index contributed by atoms with van der Waals surface area (Å²) in [7, 11) is 1.84. The number of ether oxygens (including phenoxy) is 1. The third-order valence-corrected chi connectivity index (χ3v) is 7.01. The maximum atomic E-state index is 12.7. The molecule has 6 nitrogen and oxygen atoms in total. The lowest BCUT2D eigenvalue weighted by Crippen LogP contribution is -2.68. The summed E-state index contributed by atoms with van der Waals surface area (Å²) >= 11 is 6.04. The molecule has 0 aromatic heterocycles. The van der Waals surface area contributed by atoms with Crippen LogP contribution >= 0.6 is 35.6 Å². The Kier molecular flexibility index (Phi) is 7.56. The van der Waals surface area contributed by atoms with Crippen molar-refractivity contribution in [3.8, 4) is 0 Å². The Bertz CT molecular complexity index is 795. The number of carbonyl (C=O) groups excluding carboxylic acids is 1. The second-order valence-electron chi connectivity index (χ2n) is 8.91. The van der Waals surface area contributed by atoms with Gasteiger partial charge in [0.05, 0.1) is 12.5 Å². The lowest BCUT2D eigenvalue weighted by Gasteiger charge is -2.55. The van der Waals surface area contributed by atoms with E-state index in [1.54, 1.807) is 0 Å². The van der Waals surface area contributed by atoms with Crippen LogP contribution in [0.5, 0.6) is 0 Å². The van der Waals surface area contributed by atoms with Gasteiger partial charge in [0, 0.05) is 62.2 Å². The van der Waals surface area contributed by atoms with Crippen molar-refractivity contribution in [3.63, 3.8) is 0 Å². The van der Waals surface area contributed by atoms with Gasteiger partial charge in [0.1, 0.15) is 0 Å². The maximum absolute atomic E-state index is 12.7. The molecule has 3 atom stereocenters. The zero-order valence-electron chi connectivity index (χ0n) is 17.9. The quantitative estimate of drug-likeness (QED) is 0.360. The van der Waals surface area contributed by atoms with Gasteiger partial charge in [-0.15, -0.1) is 24.0 Å². The first-order chi connectivity index (χ1) is 13.9. The van der Waals surface area contributed by atoms with Crippen LogP contribution < -0.4 is 5.32 Å². The van der Waals surface area contributed by atoms with Gasteiger partial charge in [-0.2, -0.15) is 0 Å². The molecule has 1 amide bonds. The number of nitrogens with one attached hydrogen (secondary N) is 1. The highest BCUT2D eigenvalue weighted by Gasteiger charge is 2.59. The molecule has 0 spiro atoms. The second kappa shape index (κ2) is 9.61. The van der Waals surface area contributed by atoms with Gasteiger partial charge < -0.3 is 19.9 Å². The predicted molar refractivity (Wildman–Crippen MR) is 131 cm³/mol. The highest BCUT2D eigenvalue weighted by molar-refractivity contribution is 14.0. The molecule has 4 rings (SSSR count). The Hall–Kier alpha value is -1.06. The molecule has 1 aliphatic carbocycles. The minimum Gasteiger partial charge on any atom is -0.377 e. The van der Waals surface area contributed by atoms with E-state index in [1.165, 1.54) is 0 Å². The standard InChI is InChI=1S/C22H31ClN4O2.HI/c1-22(2)19(17-7-12-29-20(17)22)25-21(24-3)27-10-8-26(9-11-27)18(28)14-15-5-4-6-16(23)13-15;/h4-6,13,17,19-20H,7-12,14H2,1-3H3,(H,24,25);1H. The van der Waals surface area contributed by atoms with Gasteiger partial charge >= 0.3 is 0 Å². The molecular weight excluding hydrogens is 515 g/mol. The van der Waals surface area contributed by atoms with E-state index in [2.05, 4.69) is 29.1 Å². The molecule has 3 aliphatic rings. The molecule has 30 heavy (non-hydrogen) atoms. The van der Waals surface area contributed by atoms with E-state index in [9.17, 15) is 4.79 Å². The Balaban J connectivity index is 0.00000256. The number of hydrogen-bond acceptors (Lipinski definition) is 3. The monoisotopic (exact) mass is 546 g/mol. The molecule has 2 aliphatic heterocycles. The number of piperazine rings is 1. The van der Waals surface area contributed by atoms with Gasteiger partial charge in [-0.3, -0.25) is 9.79 Å². The first-order valence-electron chi connectivity index (χ1n) is 10.5. The van der Waals surface area contributed by atoms with Crippen LogP contribution in [0.25, 0.3) is 0 Å². The third kappa shape index (κ3) is 4.58. The molecule has 0 radical (unpaired) electrons. The molecule has 1 aromatic carbocycles. The van der Waals surface area contributed by atoms with E-state index < -0.39 is 0 Å². The summed E-state index contributed by atoms with van der Waals surface area (Å²) in [4.78, 5) is 21.4. The van der Waals surface area contributed by atoms with Gasteiger partial charge in [0.2, 0.25) is 5.91 Å². The molecule has 3 unspecified atom stereocenters. The van der Waals surface area contributed by atoms with Crippen LogP contribution in [0.4, 0.5) is 0 Å². The number of fused-ring (bicyclic) bond motifs is 1. The number of aliphatic imine (C=N–C) groups is 1. The van der Waals surface area contributed by atoms with Crippen molar-refractivity contribution in [1.82, 2.24) is 15.1 Å². The van der Waals surface area contributed by atoms with Crippen molar-refractivity contribution < 1.29 is 9.53 Å². The van der Waals surface area contributed by atoms with E-state index in [1.807, 2.05) is 36.2 Å². The second-order valence-corrected chi connectivity index (χ2v) is 9.35. The van der Waals surface area contributed by atoms with E-state index in [-0.39, 0.29) is 35.3 Å². The largest absolute Gasteiger partial charge is 0.377 e. The lowest BCUT2D eigenvalue weighted by molar-refractivity contribution is -0.131. The van der Waals surface area contributed by atoms with E-state index >= 15 is 0 Å². The number of rotatable bonds is 3. The van der Waals surface area contributed by atoms with Crippen molar-refractivity contribution in [2.45, 2.75) is 38.8 Å². The first kappa shape index (κ1) is 23.6. The molecule has 2 saturated heterocycles. The fourth-order valence-corrected chi connectivity index (χ4v) is 5.37. The Labute approximate surface area is 201 Å². The maximum Gasteiger partial charge on any atom is 0.227 e. The molecular formula is C22H32ClIN4O2. The summed E-state index contributed by atoms with van der Waals surface area (Å²) in [6.45, 7) is 8.42. The minimum atomic E-state index is 0. The van der Waals surface area contributed by atoms with E-state index in [0.717, 1.165) is 37.6 Å². The Morgan fingerprint density at radius 3 is 2.63 bits per heavy atom. The molecule has 0 bridgehead atoms. The number of benzene rings is 1. The van der Waals surface area contributed by atoms with Crippen LogP contribution in [0.2, 0.25) is 5.02 Å². The van der Waals surface area contributed by atoms with Crippen LogP contribution in [-0.2, 0) is 16.0 Å². The Morgan fingerprint density at radius 1 is 1.27 bits per heavy atom. The summed E-state index contributed by atoms with van der Waals surface area (Å²) in [5.74, 6) is 1.67. The van der Waals surface area contributed by atoms with Gasteiger partial charge in [-0.25, -0.2) is 0 Å². The SMILES string of the molecule is CN=C(NC1C2CCOC2C1(C)C)N1CCN(C(=O)Cc2cccc(Cl)c2)CC1.I. The van der Waals surface area contributed by atoms with E-state index in [4.69, 9.17) is 16.3 Å². The highest BCUT2D eigenvalue weighted by Crippen LogP contribution is 2.52. The van der Waals surface area contributed by atoms with Crippen LogP contribution in [0.15, 0.2) is 29.3 Å².